The van der Waals surface area contributed by atoms with Crippen molar-refractivity contribution in [1.82, 2.24) is 16.0 Å². The van der Waals surface area contributed by atoms with Crippen LogP contribution in [0.25, 0.3) is 0 Å². The van der Waals surface area contributed by atoms with E-state index in [0.717, 1.165) is 0 Å². The van der Waals surface area contributed by atoms with E-state index in [1.165, 1.54) is 6.92 Å². The monoisotopic (exact) mass is 433 g/mol. The lowest BCUT2D eigenvalue weighted by atomic mass is 10.1. The lowest BCUT2D eigenvalue weighted by Crippen LogP contribution is -2.57. The minimum atomic E-state index is -1.33. The van der Waals surface area contributed by atoms with Gasteiger partial charge in [0.05, 0.1) is 6.10 Å². The Hall–Kier alpha value is -2.77. The van der Waals surface area contributed by atoms with Gasteiger partial charge in [-0.25, -0.2) is 0 Å². The van der Waals surface area contributed by atoms with E-state index in [-0.39, 0.29) is 12.8 Å². The summed E-state index contributed by atoms with van der Waals surface area (Å²) in [4.78, 5) is 58.4. The van der Waals surface area contributed by atoms with E-state index < -0.39 is 66.9 Å². The number of nitrogens with two attached hydrogens (primary N) is 2. The van der Waals surface area contributed by atoms with E-state index in [9.17, 15) is 29.1 Å². The number of aliphatic carboxylic acids is 2. The Kier molecular flexibility index (Phi) is 12.9. The lowest BCUT2D eigenvalue weighted by Gasteiger charge is -2.24. The molecule has 30 heavy (non-hydrogen) atoms. The zero-order chi connectivity index (χ0) is 23.3. The maximum absolute atomic E-state index is 12.7. The first-order valence-corrected chi connectivity index (χ1v) is 9.45. The quantitative estimate of drug-likeness (QED) is 0.121. The van der Waals surface area contributed by atoms with Crippen molar-refractivity contribution >= 4 is 29.7 Å². The molecule has 0 bridgehead atoms. The summed E-state index contributed by atoms with van der Waals surface area (Å²) in [5, 5.41) is 33.8. The number of carboxylic acids is 2. The zero-order valence-corrected chi connectivity index (χ0v) is 16.8. The maximum atomic E-state index is 12.7. The zero-order valence-electron chi connectivity index (χ0n) is 16.8. The Labute approximate surface area is 173 Å². The van der Waals surface area contributed by atoms with Crippen molar-refractivity contribution in [3.8, 4) is 0 Å². The van der Waals surface area contributed by atoms with E-state index in [2.05, 4.69) is 16.0 Å². The van der Waals surface area contributed by atoms with Crippen LogP contribution in [0.5, 0.6) is 0 Å². The predicted octanol–water partition coefficient (Wildman–Crippen LogP) is -3.14. The van der Waals surface area contributed by atoms with Gasteiger partial charge in [-0.05, 0) is 39.2 Å². The van der Waals surface area contributed by atoms with Crippen molar-refractivity contribution < 1.29 is 39.3 Å². The van der Waals surface area contributed by atoms with Crippen LogP contribution in [0.1, 0.15) is 39.0 Å². The van der Waals surface area contributed by atoms with Crippen LogP contribution in [0.2, 0.25) is 0 Å². The maximum Gasteiger partial charge on any atom is 0.322 e. The van der Waals surface area contributed by atoms with E-state index in [1.54, 1.807) is 0 Å². The molecular weight excluding hydrogens is 402 g/mol. The lowest BCUT2D eigenvalue weighted by molar-refractivity contribution is -0.140. The molecule has 0 aromatic carbocycles. The van der Waals surface area contributed by atoms with Crippen LogP contribution >= 0.6 is 0 Å². The summed E-state index contributed by atoms with van der Waals surface area (Å²) in [5.41, 5.74) is 11.0. The molecule has 0 aromatic rings. The molecule has 13 nitrogen and oxygen atoms in total. The van der Waals surface area contributed by atoms with E-state index in [4.69, 9.17) is 21.7 Å². The third-order valence-electron chi connectivity index (χ3n) is 4.10. The first kappa shape index (κ1) is 27.2. The average molecular weight is 433 g/mol. The molecule has 0 spiro atoms. The fourth-order valence-electron chi connectivity index (χ4n) is 2.34. The third-order valence-corrected chi connectivity index (χ3v) is 4.10. The molecule has 0 aliphatic heterocycles. The first-order chi connectivity index (χ1) is 14.0. The first-order valence-electron chi connectivity index (χ1n) is 9.45. The highest BCUT2D eigenvalue weighted by molar-refractivity contribution is 5.93. The molecule has 0 aliphatic rings. The fourth-order valence-corrected chi connectivity index (χ4v) is 2.34. The second-order valence-corrected chi connectivity index (χ2v) is 6.72. The summed E-state index contributed by atoms with van der Waals surface area (Å²) < 4.78 is 0. The van der Waals surface area contributed by atoms with Gasteiger partial charge in [-0.2, -0.15) is 0 Å². The van der Waals surface area contributed by atoms with Crippen LogP contribution in [-0.2, 0) is 24.0 Å². The number of hydrogen-bond donors (Lipinski definition) is 8. The van der Waals surface area contributed by atoms with Gasteiger partial charge in [-0.15, -0.1) is 0 Å². The number of carbonyl (C=O) groups excluding carboxylic acids is 3. The third kappa shape index (κ3) is 11.3. The molecule has 0 radical (unpaired) electrons. The molecule has 3 amide bonds. The van der Waals surface area contributed by atoms with Gasteiger partial charge in [-0.1, -0.05) is 0 Å². The van der Waals surface area contributed by atoms with Gasteiger partial charge < -0.3 is 42.7 Å². The normalized spacial score (nSPS) is 14.7. The van der Waals surface area contributed by atoms with Crippen molar-refractivity contribution in [2.24, 2.45) is 11.5 Å². The number of hydrogen-bond acceptors (Lipinski definition) is 8. The van der Waals surface area contributed by atoms with E-state index in [1.807, 2.05) is 0 Å². The topological polar surface area (TPSA) is 234 Å². The largest absolute Gasteiger partial charge is 0.481 e. The molecule has 0 aromatic heterocycles. The van der Waals surface area contributed by atoms with Crippen LogP contribution in [0.3, 0.4) is 0 Å². The second kappa shape index (κ2) is 14.3. The van der Waals surface area contributed by atoms with Gasteiger partial charge in [0.15, 0.2) is 0 Å². The molecule has 0 rings (SSSR count). The van der Waals surface area contributed by atoms with Gasteiger partial charge in [0, 0.05) is 6.42 Å². The molecule has 172 valence electrons. The van der Waals surface area contributed by atoms with Gasteiger partial charge in [0.25, 0.3) is 0 Å². The summed E-state index contributed by atoms with van der Waals surface area (Å²) >= 11 is 0. The SMILES string of the molecule is CC(O)C(N)C(=O)NC(CCCCN)C(=O)NC(CCC(=O)O)C(=O)NCC(=O)O. The number of rotatable bonds is 15. The molecule has 4 atom stereocenters. The molecule has 10 N–H and O–H groups in total. The molecule has 13 heteroatoms. The summed E-state index contributed by atoms with van der Waals surface area (Å²) in [7, 11) is 0. The summed E-state index contributed by atoms with van der Waals surface area (Å²) in [6, 6.07) is -3.72. The fraction of sp³-hybridized carbons (Fsp3) is 0.706. The Bertz CT molecular complexity index is 613. The Morgan fingerprint density at radius 3 is 1.93 bits per heavy atom. The van der Waals surface area contributed by atoms with Crippen molar-refractivity contribution in [3.05, 3.63) is 0 Å². The van der Waals surface area contributed by atoms with Crippen LogP contribution in [0.15, 0.2) is 0 Å². The molecule has 4 unspecified atom stereocenters. The average Bonchev–Trinajstić information content (AvgIpc) is 2.67. The standard InChI is InChI=1S/C17H31N5O8/c1-9(23)14(19)17(30)22-10(4-2-3-7-18)16(29)21-11(5-6-12(24)25)15(28)20-8-13(26)27/h9-11,14,23H,2-8,18-19H2,1H3,(H,20,28)(H,21,29)(H,22,30)(H,24,25)(H,26,27). The summed E-state index contributed by atoms with van der Waals surface area (Å²) in [5.74, 6) is -4.96. The van der Waals surface area contributed by atoms with Gasteiger partial charge in [-0.3, -0.25) is 24.0 Å². The van der Waals surface area contributed by atoms with Crippen LogP contribution in [-0.4, -0.2) is 82.3 Å². The molecule has 0 heterocycles. The number of unbranched alkanes of at least 4 members (excludes halogenated alkanes) is 1. The highest BCUT2D eigenvalue weighted by atomic mass is 16.4. The molecule has 0 aliphatic carbocycles. The van der Waals surface area contributed by atoms with Crippen LogP contribution in [0.4, 0.5) is 0 Å². The molecular formula is C17H31N5O8. The number of carbonyl (C=O) groups is 5. The van der Waals surface area contributed by atoms with E-state index in [0.29, 0.717) is 19.4 Å². The number of carboxylic acid groups (broad SMARTS) is 2. The highest BCUT2D eigenvalue weighted by Gasteiger charge is 2.29. The summed E-state index contributed by atoms with van der Waals surface area (Å²) in [6.07, 6.45) is -0.731. The number of nitrogens with one attached hydrogen (secondary N) is 3. The number of aliphatic hydroxyl groups is 1. The smallest absolute Gasteiger partial charge is 0.322 e. The van der Waals surface area contributed by atoms with Gasteiger partial charge in [0.2, 0.25) is 17.7 Å². The highest BCUT2D eigenvalue weighted by Crippen LogP contribution is 2.05. The Balaban J connectivity index is 5.29. The predicted molar refractivity (Wildman–Crippen MR) is 104 cm³/mol. The Morgan fingerprint density at radius 2 is 1.43 bits per heavy atom. The molecule has 0 saturated heterocycles. The second-order valence-electron chi connectivity index (χ2n) is 6.72. The molecule has 0 fully saturated rings. The van der Waals surface area contributed by atoms with Crippen LogP contribution < -0.4 is 27.4 Å². The minimum absolute atomic E-state index is 0.156. The number of aliphatic hydroxyl groups excluding tert-OH is 1. The summed E-state index contributed by atoms with van der Waals surface area (Å²) in [6.45, 7) is 0.953. The van der Waals surface area contributed by atoms with Crippen LogP contribution in [0, 0.1) is 0 Å². The van der Waals surface area contributed by atoms with Gasteiger partial charge >= 0.3 is 11.9 Å². The van der Waals surface area contributed by atoms with Gasteiger partial charge in [0.1, 0.15) is 24.7 Å². The number of amides is 3. The minimum Gasteiger partial charge on any atom is -0.481 e. The van der Waals surface area contributed by atoms with Crippen molar-refractivity contribution in [3.63, 3.8) is 0 Å². The van der Waals surface area contributed by atoms with Crippen molar-refractivity contribution in [2.75, 3.05) is 13.1 Å². The van der Waals surface area contributed by atoms with Crippen molar-refractivity contribution in [1.29, 1.82) is 0 Å². The molecule has 0 saturated carbocycles. The van der Waals surface area contributed by atoms with Crippen molar-refractivity contribution in [2.45, 2.75) is 63.3 Å². The Morgan fingerprint density at radius 1 is 0.867 bits per heavy atom. The van der Waals surface area contributed by atoms with E-state index >= 15 is 0 Å².